The predicted molar refractivity (Wildman–Crippen MR) is 105 cm³/mol. The van der Waals surface area contributed by atoms with Crippen LogP contribution in [0.5, 0.6) is 0 Å². The van der Waals surface area contributed by atoms with Gasteiger partial charge in [0.05, 0.1) is 4.88 Å². The molecule has 1 aromatic carbocycles. The molecule has 3 aromatic rings. The van der Waals surface area contributed by atoms with Crippen LogP contribution < -0.4 is 11.1 Å². The van der Waals surface area contributed by atoms with E-state index in [0.29, 0.717) is 26.0 Å². The van der Waals surface area contributed by atoms with E-state index in [4.69, 9.17) is 28.9 Å². The number of aryl methyl sites for hydroxylation is 1. The monoisotopic (exact) mass is 445 g/mol. The molecular weight excluding hydrogens is 431 g/mol. The van der Waals surface area contributed by atoms with Crippen LogP contribution in [0.2, 0.25) is 9.49 Å². The quantitative estimate of drug-likeness (QED) is 0.608. The fourth-order valence-corrected chi connectivity index (χ4v) is 4.10. The zero-order chi connectivity index (χ0) is 20.4. The molecule has 2 aromatic heterocycles. The second-order valence-electron chi connectivity index (χ2n) is 6.01. The van der Waals surface area contributed by atoms with E-state index in [0.717, 1.165) is 23.5 Å². The van der Waals surface area contributed by atoms with Gasteiger partial charge in [-0.05, 0) is 30.2 Å². The van der Waals surface area contributed by atoms with Gasteiger partial charge >= 0.3 is 0 Å². The second kappa shape index (κ2) is 8.52. The Morgan fingerprint density at radius 2 is 2.07 bits per heavy atom. The van der Waals surface area contributed by atoms with Crippen molar-refractivity contribution in [2.24, 2.45) is 12.8 Å². The van der Waals surface area contributed by atoms with Gasteiger partial charge in [-0.3, -0.25) is 4.79 Å². The molecule has 0 fully saturated rings. The molecule has 0 aliphatic heterocycles. The molecule has 0 saturated heterocycles. The van der Waals surface area contributed by atoms with Crippen molar-refractivity contribution in [3.05, 3.63) is 55.8 Å². The van der Waals surface area contributed by atoms with Crippen LogP contribution in [0.1, 0.15) is 15.2 Å². The Morgan fingerprint density at radius 1 is 1.32 bits per heavy atom. The molecule has 1 unspecified atom stereocenters. The van der Waals surface area contributed by atoms with Crippen LogP contribution in [0.25, 0.3) is 11.3 Å². The minimum Gasteiger partial charge on any atom is -0.347 e. The van der Waals surface area contributed by atoms with Gasteiger partial charge in [0.1, 0.15) is 10.0 Å². The summed E-state index contributed by atoms with van der Waals surface area (Å²) in [5.41, 5.74) is 7.29. The van der Waals surface area contributed by atoms with E-state index >= 15 is 0 Å². The van der Waals surface area contributed by atoms with Gasteiger partial charge in [0.25, 0.3) is 5.91 Å². The average Bonchev–Trinajstić information content (AvgIpc) is 3.19. The number of hydrogen-bond donors (Lipinski definition) is 2. The molecule has 1 amide bonds. The molecule has 11 heteroatoms. The Bertz CT molecular complexity index is 1000. The number of nitrogens with one attached hydrogen (secondary N) is 1. The lowest BCUT2D eigenvalue weighted by atomic mass is 10.1. The van der Waals surface area contributed by atoms with Crippen LogP contribution >= 0.6 is 34.5 Å². The zero-order valence-electron chi connectivity index (χ0n) is 14.5. The Hall–Kier alpha value is -2.07. The van der Waals surface area contributed by atoms with Crippen LogP contribution in [0.15, 0.2) is 24.3 Å². The summed E-state index contributed by atoms with van der Waals surface area (Å²) in [5, 5.41) is 10.5. The first-order chi connectivity index (χ1) is 13.3. The fraction of sp³-hybridized carbons (Fsp3) is 0.235. The molecule has 0 bridgehead atoms. The molecule has 6 nitrogen and oxygen atoms in total. The van der Waals surface area contributed by atoms with E-state index in [9.17, 15) is 13.6 Å². The van der Waals surface area contributed by atoms with Gasteiger partial charge in [-0.15, -0.1) is 16.4 Å². The van der Waals surface area contributed by atoms with Crippen molar-refractivity contribution in [3.8, 4) is 11.3 Å². The first-order valence-corrected chi connectivity index (χ1v) is 9.67. The average molecular weight is 446 g/mol. The SMILES string of the molecule is Cn1nnc(Cl)c1-c1cc(C(=O)NC(CN)Cc2ccc(F)c(F)c2)sc1Cl. The molecule has 0 spiro atoms. The number of hydrogen-bond acceptors (Lipinski definition) is 5. The largest absolute Gasteiger partial charge is 0.347 e. The smallest absolute Gasteiger partial charge is 0.261 e. The number of halogens is 4. The normalized spacial score (nSPS) is 12.2. The topological polar surface area (TPSA) is 85.8 Å². The number of rotatable bonds is 6. The molecule has 0 aliphatic carbocycles. The van der Waals surface area contributed by atoms with Crippen molar-refractivity contribution in [3.63, 3.8) is 0 Å². The Labute approximate surface area is 173 Å². The lowest BCUT2D eigenvalue weighted by Crippen LogP contribution is -2.41. The first kappa shape index (κ1) is 20.7. The molecule has 3 N–H and O–H groups in total. The minimum atomic E-state index is -0.948. The lowest BCUT2D eigenvalue weighted by Gasteiger charge is -2.16. The number of amides is 1. The number of carbonyl (C=O) groups is 1. The number of carbonyl (C=O) groups excluding carboxylic acids is 1. The van der Waals surface area contributed by atoms with Crippen LogP contribution in [-0.4, -0.2) is 33.5 Å². The van der Waals surface area contributed by atoms with Crippen molar-refractivity contribution in [1.29, 1.82) is 0 Å². The van der Waals surface area contributed by atoms with Gasteiger partial charge in [-0.25, -0.2) is 13.5 Å². The van der Waals surface area contributed by atoms with E-state index in [2.05, 4.69) is 15.6 Å². The van der Waals surface area contributed by atoms with E-state index in [1.165, 1.54) is 10.7 Å². The molecule has 28 heavy (non-hydrogen) atoms. The number of thiophene rings is 1. The first-order valence-electron chi connectivity index (χ1n) is 8.10. The highest BCUT2D eigenvalue weighted by atomic mass is 35.5. The highest BCUT2D eigenvalue weighted by Gasteiger charge is 2.22. The van der Waals surface area contributed by atoms with Crippen molar-refractivity contribution in [2.75, 3.05) is 6.54 Å². The summed E-state index contributed by atoms with van der Waals surface area (Å²) in [6.45, 7) is 0.119. The highest BCUT2D eigenvalue weighted by Crippen LogP contribution is 2.37. The number of nitrogens with two attached hydrogens (primary N) is 1. The zero-order valence-corrected chi connectivity index (χ0v) is 16.9. The number of aromatic nitrogens is 3. The van der Waals surface area contributed by atoms with E-state index < -0.39 is 17.7 Å². The summed E-state index contributed by atoms with van der Waals surface area (Å²) in [4.78, 5) is 13.0. The maximum Gasteiger partial charge on any atom is 0.261 e. The third-order valence-corrected chi connectivity index (χ3v) is 5.65. The maximum atomic E-state index is 13.4. The highest BCUT2D eigenvalue weighted by molar-refractivity contribution is 7.18. The third kappa shape index (κ3) is 4.33. The predicted octanol–water partition coefficient (Wildman–Crippen LogP) is 3.43. The van der Waals surface area contributed by atoms with Gasteiger partial charge in [0, 0.05) is 25.2 Å². The Kier molecular flexibility index (Phi) is 6.29. The van der Waals surface area contributed by atoms with E-state index in [1.807, 2.05) is 0 Å². The molecule has 0 saturated carbocycles. The molecule has 0 aliphatic rings. The Balaban J connectivity index is 1.76. The molecule has 1 atom stereocenters. The second-order valence-corrected chi connectivity index (χ2v) is 8.02. The van der Waals surface area contributed by atoms with Crippen molar-refractivity contribution >= 4 is 40.4 Å². The third-order valence-electron chi connectivity index (χ3n) is 4.04. The standard InChI is InChI=1S/C17H15Cl2F2N5OS/c1-26-14(15(18)24-25-26)10-6-13(28-16(10)19)17(27)23-9(7-22)4-8-2-3-11(20)12(21)5-8/h2-3,5-6,9H,4,7,22H2,1H3,(H,23,27). The summed E-state index contributed by atoms with van der Waals surface area (Å²) in [7, 11) is 1.66. The molecule has 0 radical (unpaired) electrons. The maximum absolute atomic E-state index is 13.4. The molecule has 2 heterocycles. The van der Waals surface area contributed by atoms with Gasteiger partial charge in [0.15, 0.2) is 16.8 Å². The Morgan fingerprint density at radius 3 is 2.68 bits per heavy atom. The van der Waals surface area contributed by atoms with Crippen molar-refractivity contribution in [2.45, 2.75) is 12.5 Å². The summed E-state index contributed by atoms with van der Waals surface area (Å²) >= 11 is 13.4. The molecule has 3 rings (SSSR count). The van der Waals surface area contributed by atoms with Crippen LogP contribution in [0.3, 0.4) is 0 Å². The summed E-state index contributed by atoms with van der Waals surface area (Å²) in [6, 6.07) is 4.70. The van der Waals surface area contributed by atoms with Crippen molar-refractivity contribution in [1.82, 2.24) is 20.3 Å². The van der Waals surface area contributed by atoms with Gasteiger partial charge in [-0.2, -0.15) is 0 Å². The summed E-state index contributed by atoms with van der Waals surface area (Å²) in [5.74, 6) is -2.26. The van der Waals surface area contributed by atoms with Gasteiger partial charge in [0.2, 0.25) is 0 Å². The molecular formula is C17H15Cl2F2N5OS. The number of nitrogens with zero attached hydrogens (tertiary/aromatic N) is 3. The van der Waals surface area contributed by atoms with Gasteiger partial charge < -0.3 is 11.1 Å². The lowest BCUT2D eigenvalue weighted by molar-refractivity contribution is 0.0942. The van der Waals surface area contributed by atoms with Gasteiger partial charge in [-0.1, -0.05) is 34.5 Å². The summed E-state index contributed by atoms with van der Waals surface area (Å²) < 4.78 is 28.3. The van der Waals surface area contributed by atoms with E-state index in [1.54, 1.807) is 13.1 Å². The summed E-state index contributed by atoms with van der Waals surface area (Å²) in [6.07, 6.45) is 0.253. The van der Waals surface area contributed by atoms with Crippen LogP contribution in [0.4, 0.5) is 8.78 Å². The fourth-order valence-electron chi connectivity index (χ4n) is 2.66. The van der Waals surface area contributed by atoms with E-state index in [-0.39, 0.29) is 24.0 Å². The van der Waals surface area contributed by atoms with Crippen LogP contribution in [0, 0.1) is 11.6 Å². The molecule has 148 valence electrons. The van der Waals surface area contributed by atoms with Crippen LogP contribution in [-0.2, 0) is 13.5 Å². The minimum absolute atomic E-state index is 0.119. The van der Waals surface area contributed by atoms with Crippen molar-refractivity contribution < 1.29 is 13.6 Å². The number of benzene rings is 1.